The Hall–Kier alpha value is -2.45. The molecule has 3 atom stereocenters. The topological polar surface area (TPSA) is 57.9 Å². The number of piperidine rings is 1. The van der Waals surface area contributed by atoms with Crippen molar-refractivity contribution in [1.82, 2.24) is 24.7 Å². The van der Waals surface area contributed by atoms with Crippen LogP contribution in [0.1, 0.15) is 37.9 Å². The largest absolute Gasteiger partial charge is 0.379 e. The molecular weight excluding hydrogens is 407 g/mol. The van der Waals surface area contributed by atoms with E-state index in [9.17, 15) is 4.39 Å². The molecule has 2 aliphatic rings. The summed E-state index contributed by atoms with van der Waals surface area (Å²) >= 11 is 0. The number of guanidine groups is 1. The molecule has 0 radical (unpaired) electrons. The van der Waals surface area contributed by atoms with Gasteiger partial charge in [-0.05, 0) is 37.0 Å². The summed E-state index contributed by atoms with van der Waals surface area (Å²) in [6, 6.07) is 7.32. The second kappa shape index (κ2) is 10.9. The van der Waals surface area contributed by atoms with Crippen molar-refractivity contribution in [3.05, 3.63) is 54.4 Å². The van der Waals surface area contributed by atoms with E-state index in [1.165, 1.54) is 6.07 Å². The smallest absolute Gasteiger partial charge is 0.194 e. The zero-order valence-electron chi connectivity index (χ0n) is 19.2. The highest BCUT2D eigenvalue weighted by atomic mass is 19.1. The average molecular weight is 443 g/mol. The van der Waals surface area contributed by atoms with Gasteiger partial charge in [0.2, 0.25) is 0 Å². The number of imidazole rings is 1. The first-order valence-electron chi connectivity index (χ1n) is 11.7. The lowest BCUT2D eigenvalue weighted by Gasteiger charge is -2.39. The molecule has 1 N–H and O–H groups in total. The van der Waals surface area contributed by atoms with Crippen LogP contribution in [0.5, 0.6) is 0 Å². The highest BCUT2D eigenvalue weighted by Gasteiger charge is 2.29. The molecule has 1 aromatic carbocycles. The summed E-state index contributed by atoms with van der Waals surface area (Å²) in [6.45, 7) is 10.7. The summed E-state index contributed by atoms with van der Waals surface area (Å²) < 4.78 is 21.8. The SMILES string of the molecule is CCNC(=NCC(c1cccc(F)c1)N1CCOCC1)N1CCC(C)C(n2ccnc2)C1. The zero-order valence-corrected chi connectivity index (χ0v) is 19.2. The van der Waals surface area contributed by atoms with Crippen LogP contribution in [0.3, 0.4) is 0 Å². The van der Waals surface area contributed by atoms with Gasteiger partial charge in [-0.15, -0.1) is 0 Å². The number of nitrogens with zero attached hydrogens (tertiary/aromatic N) is 5. The van der Waals surface area contributed by atoms with Crippen LogP contribution in [0.25, 0.3) is 0 Å². The van der Waals surface area contributed by atoms with Gasteiger partial charge in [0.05, 0.1) is 38.2 Å². The third-order valence-corrected chi connectivity index (χ3v) is 6.59. The fourth-order valence-electron chi connectivity index (χ4n) is 4.73. The monoisotopic (exact) mass is 442 g/mol. The highest BCUT2D eigenvalue weighted by molar-refractivity contribution is 5.80. The van der Waals surface area contributed by atoms with Gasteiger partial charge in [-0.2, -0.15) is 0 Å². The van der Waals surface area contributed by atoms with Gasteiger partial charge >= 0.3 is 0 Å². The number of hydrogen-bond donors (Lipinski definition) is 1. The summed E-state index contributed by atoms with van der Waals surface area (Å²) in [5.74, 6) is 1.31. The minimum absolute atomic E-state index is 0.0245. The van der Waals surface area contributed by atoms with E-state index < -0.39 is 0 Å². The number of hydrogen-bond acceptors (Lipinski definition) is 4. The van der Waals surface area contributed by atoms with Crippen LogP contribution in [0, 0.1) is 11.7 Å². The zero-order chi connectivity index (χ0) is 22.3. The number of halogens is 1. The number of aliphatic imine (C=N–C) groups is 1. The quantitative estimate of drug-likeness (QED) is 0.551. The van der Waals surface area contributed by atoms with Gasteiger partial charge in [0.25, 0.3) is 0 Å². The van der Waals surface area contributed by atoms with Crippen LogP contribution < -0.4 is 5.32 Å². The Bertz CT molecular complexity index is 867. The number of likely N-dealkylation sites (tertiary alicyclic amines) is 1. The van der Waals surface area contributed by atoms with Crippen LogP contribution >= 0.6 is 0 Å². The Morgan fingerprint density at radius 3 is 2.88 bits per heavy atom. The lowest BCUT2D eigenvalue weighted by atomic mass is 9.93. The van der Waals surface area contributed by atoms with E-state index in [0.717, 1.165) is 50.7 Å². The average Bonchev–Trinajstić information content (AvgIpc) is 3.34. The minimum atomic E-state index is -0.204. The van der Waals surface area contributed by atoms with E-state index in [4.69, 9.17) is 9.73 Å². The lowest BCUT2D eigenvalue weighted by Crippen LogP contribution is -2.49. The molecule has 2 saturated heterocycles. The maximum Gasteiger partial charge on any atom is 0.194 e. The van der Waals surface area contributed by atoms with E-state index in [2.05, 4.69) is 38.5 Å². The molecule has 2 fully saturated rings. The summed E-state index contributed by atoms with van der Waals surface area (Å²) in [4.78, 5) is 14.0. The fourth-order valence-corrected chi connectivity index (χ4v) is 4.73. The van der Waals surface area contributed by atoms with Gasteiger partial charge in [-0.1, -0.05) is 19.1 Å². The number of morpholine rings is 1. The third kappa shape index (κ3) is 5.48. The molecule has 8 heteroatoms. The molecule has 4 rings (SSSR count). The molecule has 0 amide bonds. The molecule has 7 nitrogen and oxygen atoms in total. The molecule has 0 spiro atoms. The van der Waals surface area contributed by atoms with Gasteiger partial charge in [0.1, 0.15) is 5.82 Å². The Morgan fingerprint density at radius 1 is 1.31 bits per heavy atom. The van der Waals surface area contributed by atoms with Crippen molar-refractivity contribution in [3.63, 3.8) is 0 Å². The van der Waals surface area contributed by atoms with Gasteiger partial charge in [-0.25, -0.2) is 9.37 Å². The molecule has 174 valence electrons. The summed E-state index contributed by atoms with van der Waals surface area (Å²) in [5, 5.41) is 3.49. The van der Waals surface area contributed by atoms with Crippen molar-refractivity contribution in [2.75, 3.05) is 52.5 Å². The Morgan fingerprint density at radius 2 is 2.16 bits per heavy atom. The first kappa shape index (κ1) is 22.7. The molecule has 3 heterocycles. The van der Waals surface area contributed by atoms with Crippen LogP contribution in [0.15, 0.2) is 48.0 Å². The maximum absolute atomic E-state index is 14.0. The van der Waals surface area contributed by atoms with Crippen molar-refractivity contribution in [2.24, 2.45) is 10.9 Å². The van der Waals surface area contributed by atoms with Crippen molar-refractivity contribution in [2.45, 2.75) is 32.4 Å². The number of nitrogens with one attached hydrogen (secondary N) is 1. The fraction of sp³-hybridized carbons (Fsp3) is 0.583. The van der Waals surface area contributed by atoms with E-state index in [0.29, 0.717) is 31.7 Å². The Kier molecular flexibility index (Phi) is 7.76. The minimum Gasteiger partial charge on any atom is -0.379 e. The summed E-state index contributed by atoms with van der Waals surface area (Å²) in [7, 11) is 0. The van der Waals surface area contributed by atoms with Gasteiger partial charge in [0, 0.05) is 45.1 Å². The standard InChI is InChI=1S/C24H35FN6O/c1-3-27-24(30-9-7-19(2)23(17-30)31-10-8-26-18-31)28-16-22(29-11-13-32-14-12-29)20-5-4-6-21(25)15-20/h4-6,8,10,15,18-19,22-23H,3,7,9,11-14,16-17H2,1-2H3,(H,27,28). The van der Waals surface area contributed by atoms with Gasteiger partial charge in [-0.3, -0.25) is 9.89 Å². The first-order chi connectivity index (χ1) is 15.7. The Labute approximate surface area is 190 Å². The van der Waals surface area contributed by atoms with Gasteiger partial charge in [0.15, 0.2) is 5.96 Å². The van der Waals surface area contributed by atoms with E-state index in [1.54, 1.807) is 12.1 Å². The second-order valence-corrected chi connectivity index (χ2v) is 8.70. The molecule has 0 aliphatic carbocycles. The molecule has 3 unspecified atom stereocenters. The van der Waals surface area contributed by atoms with Crippen LogP contribution in [0.4, 0.5) is 4.39 Å². The van der Waals surface area contributed by atoms with Crippen molar-refractivity contribution >= 4 is 5.96 Å². The highest BCUT2D eigenvalue weighted by Crippen LogP contribution is 2.28. The van der Waals surface area contributed by atoms with Crippen molar-refractivity contribution in [3.8, 4) is 0 Å². The number of aromatic nitrogens is 2. The molecule has 2 aromatic rings. The molecule has 2 aliphatic heterocycles. The summed E-state index contributed by atoms with van der Waals surface area (Å²) in [6.07, 6.45) is 6.90. The van der Waals surface area contributed by atoms with Crippen molar-refractivity contribution < 1.29 is 9.13 Å². The van der Waals surface area contributed by atoms with Crippen LogP contribution in [-0.2, 0) is 4.74 Å². The Balaban J connectivity index is 1.54. The number of benzene rings is 1. The summed E-state index contributed by atoms with van der Waals surface area (Å²) in [5.41, 5.74) is 0.968. The first-order valence-corrected chi connectivity index (χ1v) is 11.7. The lowest BCUT2D eigenvalue weighted by molar-refractivity contribution is 0.0178. The molecule has 0 saturated carbocycles. The normalized spacial score (nSPS) is 23.8. The van der Waals surface area contributed by atoms with Crippen molar-refractivity contribution in [1.29, 1.82) is 0 Å². The molecular formula is C24H35FN6O. The van der Waals surface area contributed by atoms with E-state index in [1.807, 2.05) is 24.8 Å². The van der Waals surface area contributed by atoms with Crippen LogP contribution in [-0.4, -0.2) is 77.8 Å². The van der Waals surface area contributed by atoms with Crippen LogP contribution in [0.2, 0.25) is 0 Å². The molecule has 32 heavy (non-hydrogen) atoms. The molecule has 1 aromatic heterocycles. The number of rotatable bonds is 6. The third-order valence-electron chi connectivity index (χ3n) is 6.59. The van der Waals surface area contributed by atoms with E-state index in [-0.39, 0.29) is 11.9 Å². The van der Waals surface area contributed by atoms with E-state index >= 15 is 0 Å². The predicted molar refractivity (Wildman–Crippen MR) is 124 cm³/mol. The molecule has 0 bridgehead atoms. The second-order valence-electron chi connectivity index (χ2n) is 8.70. The maximum atomic E-state index is 14.0. The van der Waals surface area contributed by atoms with Gasteiger partial charge < -0.3 is 19.5 Å². The predicted octanol–water partition coefficient (Wildman–Crippen LogP) is 2.94. The number of ether oxygens (including phenoxy) is 1.